The van der Waals surface area contributed by atoms with Gasteiger partial charge in [-0.25, -0.2) is 0 Å². The third-order valence-electron chi connectivity index (χ3n) is 2.71. The third-order valence-corrected chi connectivity index (χ3v) is 3.21. The van der Waals surface area contributed by atoms with Gasteiger partial charge in [-0.2, -0.15) is 8.78 Å². The van der Waals surface area contributed by atoms with Crippen LogP contribution >= 0.6 is 15.9 Å². The fourth-order valence-corrected chi connectivity index (χ4v) is 1.91. The summed E-state index contributed by atoms with van der Waals surface area (Å²) in [6.45, 7) is 0.813. The molecule has 4 nitrogen and oxygen atoms in total. The number of carbonyl (C=O) groups is 1. The van der Waals surface area contributed by atoms with Crippen molar-refractivity contribution < 1.29 is 18.3 Å². The Labute approximate surface area is 124 Å². The van der Waals surface area contributed by atoms with Crippen molar-refractivity contribution in [3.8, 4) is 5.75 Å². The molecule has 0 saturated carbocycles. The first-order valence-electron chi connectivity index (χ1n) is 6.07. The molecule has 7 heteroatoms. The lowest BCUT2D eigenvalue weighted by Gasteiger charge is -2.16. The maximum atomic E-state index is 12.3. The number of benzene rings is 1. The number of ether oxygens (including phenoxy) is 1. The molecule has 112 valence electrons. The fourth-order valence-electron chi connectivity index (χ4n) is 1.50. The molecule has 1 atom stereocenters. The van der Waals surface area contributed by atoms with Gasteiger partial charge in [-0.15, -0.1) is 0 Å². The Hall–Kier alpha value is -1.21. The van der Waals surface area contributed by atoms with Crippen molar-refractivity contribution >= 4 is 21.8 Å². The highest BCUT2D eigenvalue weighted by molar-refractivity contribution is 9.10. The first-order chi connectivity index (χ1) is 9.31. The van der Waals surface area contributed by atoms with Gasteiger partial charge in [0, 0.05) is 16.6 Å². The Morgan fingerprint density at radius 1 is 1.45 bits per heavy atom. The summed E-state index contributed by atoms with van der Waals surface area (Å²) in [5.74, 6) is -0.307. The van der Waals surface area contributed by atoms with Crippen LogP contribution < -0.4 is 15.8 Å². The third kappa shape index (κ3) is 5.05. The van der Waals surface area contributed by atoms with E-state index in [1.807, 2.05) is 13.8 Å². The van der Waals surface area contributed by atoms with Gasteiger partial charge in [0.15, 0.2) is 0 Å². The smallest absolute Gasteiger partial charge is 0.387 e. The van der Waals surface area contributed by atoms with Crippen LogP contribution in [0.25, 0.3) is 0 Å². The lowest BCUT2D eigenvalue weighted by atomic mass is 10.0. The summed E-state index contributed by atoms with van der Waals surface area (Å²) in [6, 6.07) is 3.98. The largest absolute Gasteiger partial charge is 0.434 e. The van der Waals surface area contributed by atoms with E-state index in [-0.39, 0.29) is 24.1 Å². The van der Waals surface area contributed by atoms with Crippen LogP contribution in [0.15, 0.2) is 22.7 Å². The summed E-state index contributed by atoms with van der Waals surface area (Å²) in [4.78, 5) is 11.7. The summed E-state index contributed by atoms with van der Waals surface area (Å²) in [6.07, 6.45) is 0. The van der Waals surface area contributed by atoms with Crippen molar-refractivity contribution in [2.45, 2.75) is 33.0 Å². The topological polar surface area (TPSA) is 64.4 Å². The van der Waals surface area contributed by atoms with E-state index in [0.717, 1.165) is 0 Å². The van der Waals surface area contributed by atoms with Gasteiger partial charge in [-0.1, -0.05) is 29.8 Å². The van der Waals surface area contributed by atoms with Crippen molar-refractivity contribution in [3.05, 3.63) is 28.2 Å². The number of rotatable bonds is 6. The van der Waals surface area contributed by atoms with Gasteiger partial charge in [0.05, 0.1) is 6.04 Å². The van der Waals surface area contributed by atoms with E-state index in [0.29, 0.717) is 10.0 Å². The van der Waals surface area contributed by atoms with Gasteiger partial charge < -0.3 is 15.8 Å². The van der Waals surface area contributed by atoms with Crippen LogP contribution in [0.4, 0.5) is 8.78 Å². The van der Waals surface area contributed by atoms with Gasteiger partial charge in [0.2, 0.25) is 5.91 Å². The first-order valence-corrected chi connectivity index (χ1v) is 6.87. The summed E-state index contributed by atoms with van der Waals surface area (Å²) < 4.78 is 29.7. The predicted octanol–water partition coefficient (Wildman–Crippen LogP) is 2.65. The van der Waals surface area contributed by atoms with Gasteiger partial charge in [0.25, 0.3) is 0 Å². The number of alkyl halides is 2. The van der Waals surface area contributed by atoms with Gasteiger partial charge in [-0.3, -0.25) is 4.79 Å². The van der Waals surface area contributed by atoms with E-state index >= 15 is 0 Å². The molecule has 3 N–H and O–H groups in total. The van der Waals surface area contributed by atoms with Crippen molar-refractivity contribution in [2.24, 2.45) is 11.7 Å². The molecule has 0 spiro atoms. The predicted molar refractivity (Wildman–Crippen MR) is 75.4 cm³/mol. The number of halogens is 3. The molecule has 1 aromatic rings. The molecule has 1 amide bonds. The zero-order chi connectivity index (χ0) is 15.3. The van der Waals surface area contributed by atoms with Crippen LogP contribution in [0.3, 0.4) is 0 Å². The zero-order valence-corrected chi connectivity index (χ0v) is 12.8. The van der Waals surface area contributed by atoms with E-state index in [2.05, 4.69) is 26.0 Å². The van der Waals surface area contributed by atoms with Crippen LogP contribution in [0, 0.1) is 5.92 Å². The Kier molecular flexibility index (Phi) is 6.35. The molecule has 0 aliphatic carbocycles. The highest BCUT2D eigenvalue weighted by Gasteiger charge is 2.18. The SMILES string of the molecule is CC(C)[C@H](N)C(=O)NCc1cc(Br)ccc1OC(F)F. The highest BCUT2D eigenvalue weighted by atomic mass is 79.9. The molecule has 0 bridgehead atoms. The molecule has 0 aliphatic heterocycles. The second kappa shape index (κ2) is 7.54. The number of nitrogens with two attached hydrogens (primary N) is 1. The Morgan fingerprint density at radius 3 is 2.65 bits per heavy atom. The monoisotopic (exact) mass is 350 g/mol. The molecule has 0 fully saturated rings. The lowest BCUT2D eigenvalue weighted by Crippen LogP contribution is -2.43. The number of nitrogens with one attached hydrogen (secondary N) is 1. The molecule has 0 radical (unpaired) electrons. The molecule has 0 saturated heterocycles. The second-order valence-electron chi connectivity index (χ2n) is 4.62. The van der Waals surface area contributed by atoms with Crippen molar-refractivity contribution in [1.82, 2.24) is 5.32 Å². The molecular formula is C13H17BrF2N2O2. The molecule has 0 aromatic heterocycles. The minimum absolute atomic E-state index is 0.00528. The van der Waals surface area contributed by atoms with Crippen LogP contribution in [0.1, 0.15) is 19.4 Å². The number of amides is 1. The van der Waals surface area contributed by atoms with E-state index in [9.17, 15) is 13.6 Å². The Morgan fingerprint density at radius 2 is 2.10 bits per heavy atom. The van der Waals surface area contributed by atoms with Crippen LogP contribution in [0.5, 0.6) is 5.75 Å². The highest BCUT2D eigenvalue weighted by Crippen LogP contribution is 2.24. The Bertz CT molecular complexity index is 470. The van der Waals surface area contributed by atoms with Gasteiger partial charge in [-0.05, 0) is 24.1 Å². The minimum atomic E-state index is -2.91. The van der Waals surface area contributed by atoms with E-state index in [4.69, 9.17) is 5.73 Å². The maximum Gasteiger partial charge on any atom is 0.387 e. The second-order valence-corrected chi connectivity index (χ2v) is 5.53. The number of hydrogen-bond acceptors (Lipinski definition) is 3. The van der Waals surface area contributed by atoms with Crippen molar-refractivity contribution in [2.75, 3.05) is 0 Å². The van der Waals surface area contributed by atoms with Crippen LogP contribution in [0.2, 0.25) is 0 Å². The van der Waals surface area contributed by atoms with Gasteiger partial charge in [0.1, 0.15) is 5.75 Å². The number of hydrogen-bond donors (Lipinski definition) is 2. The van der Waals surface area contributed by atoms with Crippen molar-refractivity contribution in [1.29, 1.82) is 0 Å². The van der Waals surface area contributed by atoms with Crippen molar-refractivity contribution in [3.63, 3.8) is 0 Å². The molecule has 20 heavy (non-hydrogen) atoms. The summed E-state index contributed by atoms with van der Waals surface area (Å²) in [5, 5.41) is 2.61. The fraction of sp³-hybridized carbons (Fsp3) is 0.462. The average Bonchev–Trinajstić information content (AvgIpc) is 2.37. The molecule has 0 aliphatic rings. The molecule has 0 heterocycles. The maximum absolute atomic E-state index is 12.3. The summed E-state index contributed by atoms with van der Waals surface area (Å²) in [5.41, 5.74) is 6.15. The van der Waals surface area contributed by atoms with E-state index in [1.54, 1.807) is 12.1 Å². The first kappa shape index (κ1) is 16.8. The number of carbonyl (C=O) groups excluding carboxylic acids is 1. The lowest BCUT2D eigenvalue weighted by molar-refractivity contribution is -0.123. The summed E-state index contributed by atoms with van der Waals surface area (Å²) >= 11 is 3.24. The molecular weight excluding hydrogens is 334 g/mol. The quantitative estimate of drug-likeness (QED) is 0.828. The molecule has 1 aromatic carbocycles. The molecule has 1 rings (SSSR count). The van der Waals surface area contributed by atoms with Gasteiger partial charge >= 0.3 is 6.61 Å². The average molecular weight is 351 g/mol. The normalized spacial score (nSPS) is 12.6. The Balaban J connectivity index is 2.76. The molecule has 0 unspecified atom stereocenters. The van der Waals surface area contributed by atoms with E-state index in [1.165, 1.54) is 6.07 Å². The summed E-state index contributed by atoms with van der Waals surface area (Å²) in [7, 11) is 0. The van der Waals surface area contributed by atoms with Crippen LogP contribution in [-0.4, -0.2) is 18.6 Å². The minimum Gasteiger partial charge on any atom is -0.434 e. The standard InChI is InChI=1S/C13H17BrF2N2O2/c1-7(2)11(17)12(19)18-6-8-5-9(14)3-4-10(8)20-13(15)16/h3-5,7,11,13H,6,17H2,1-2H3,(H,18,19)/t11-/m0/s1. The van der Waals surface area contributed by atoms with E-state index < -0.39 is 12.7 Å². The zero-order valence-electron chi connectivity index (χ0n) is 11.2. The van der Waals surface area contributed by atoms with Crippen LogP contribution in [-0.2, 0) is 11.3 Å².